The first-order valence-corrected chi connectivity index (χ1v) is 6.53. The number of hydrogen-bond acceptors (Lipinski definition) is 2. The predicted molar refractivity (Wildman–Crippen MR) is 67.6 cm³/mol. The van der Waals surface area contributed by atoms with Gasteiger partial charge in [0.2, 0.25) is 0 Å². The Hall–Kier alpha value is -0.830. The summed E-state index contributed by atoms with van der Waals surface area (Å²) in [5, 5.41) is 0. The van der Waals surface area contributed by atoms with Gasteiger partial charge in [0, 0.05) is 5.56 Å². The zero-order valence-electron chi connectivity index (χ0n) is 9.92. The van der Waals surface area contributed by atoms with Gasteiger partial charge < -0.3 is 0 Å². The lowest BCUT2D eigenvalue weighted by Crippen LogP contribution is -2.06. The average Bonchev–Trinajstić information content (AvgIpc) is 2.16. The normalized spacial score (nSPS) is 10.8. The van der Waals surface area contributed by atoms with E-state index in [-0.39, 0.29) is 11.6 Å². The van der Waals surface area contributed by atoms with Crippen molar-refractivity contribution >= 4 is 17.5 Å². The molecule has 0 aromatic heterocycles. The molecular weight excluding hydrogens is 223 g/mol. The maximum absolute atomic E-state index is 12.9. The first kappa shape index (κ1) is 13.2. The van der Waals surface area contributed by atoms with Crippen LogP contribution in [0.4, 0.5) is 4.39 Å². The van der Waals surface area contributed by atoms with Crippen molar-refractivity contribution in [3.8, 4) is 0 Å². The van der Waals surface area contributed by atoms with Gasteiger partial charge in [-0.25, -0.2) is 4.39 Å². The summed E-state index contributed by atoms with van der Waals surface area (Å²) in [6, 6.07) is 4.32. The van der Waals surface area contributed by atoms with Crippen LogP contribution in [-0.4, -0.2) is 17.3 Å². The summed E-state index contributed by atoms with van der Waals surface area (Å²) >= 11 is 1.63. The second-order valence-corrected chi connectivity index (χ2v) is 5.32. The Morgan fingerprint density at radius 3 is 2.69 bits per heavy atom. The standard InChI is InChI=1S/C13H17FOS/c1-9(2)7-16-8-13(15)12-5-4-11(14)6-10(12)3/h4-6,9H,7-8H2,1-3H3. The van der Waals surface area contributed by atoms with Crippen LogP contribution in [0.2, 0.25) is 0 Å². The van der Waals surface area contributed by atoms with Crippen molar-refractivity contribution in [1.29, 1.82) is 0 Å². The van der Waals surface area contributed by atoms with Gasteiger partial charge in [-0.15, -0.1) is 0 Å². The third-order valence-electron chi connectivity index (χ3n) is 2.17. The molecule has 0 bridgehead atoms. The molecule has 0 spiro atoms. The Labute approximate surface area is 100 Å². The van der Waals surface area contributed by atoms with Gasteiger partial charge in [0.1, 0.15) is 5.82 Å². The van der Waals surface area contributed by atoms with Crippen LogP contribution in [0.5, 0.6) is 0 Å². The number of halogens is 1. The second kappa shape index (κ2) is 6.04. The van der Waals surface area contributed by atoms with E-state index in [1.807, 2.05) is 0 Å². The predicted octanol–water partition coefficient (Wildman–Crippen LogP) is 3.71. The molecule has 1 aromatic carbocycles. The summed E-state index contributed by atoms with van der Waals surface area (Å²) in [6.07, 6.45) is 0. The number of hydrogen-bond donors (Lipinski definition) is 0. The Morgan fingerprint density at radius 2 is 2.12 bits per heavy atom. The third-order valence-corrected chi connectivity index (χ3v) is 3.54. The highest BCUT2D eigenvalue weighted by molar-refractivity contribution is 7.99. The number of carbonyl (C=O) groups is 1. The van der Waals surface area contributed by atoms with E-state index < -0.39 is 0 Å². The van der Waals surface area contributed by atoms with Crippen molar-refractivity contribution in [3.05, 3.63) is 35.1 Å². The van der Waals surface area contributed by atoms with Crippen LogP contribution >= 0.6 is 11.8 Å². The van der Waals surface area contributed by atoms with E-state index in [4.69, 9.17) is 0 Å². The largest absolute Gasteiger partial charge is 0.293 e. The molecule has 0 saturated carbocycles. The van der Waals surface area contributed by atoms with Gasteiger partial charge in [-0.2, -0.15) is 11.8 Å². The Morgan fingerprint density at radius 1 is 1.44 bits per heavy atom. The summed E-state index contributed by atoms with van der Waals surface area (Å²) in [5.41, 5.74) is 1.35. The third kappa shape index (κ3) is 3.97. The fourth-order valence-electron chi connectivity index (χ4n) is 1.41. The van der Waals surface area contributed by atoms with Gasteiger partial charge >= 0.3 is 0 Å². The van der Waals surface area contributed by atoms with Crippen LogP contribution in [0.15, 0.2) is 18.2 Å². The van der Waals surface area contributed by atoms with E-state index in [1.54, 1.807) is 24.8 Å². The lowest BCUT2D eigenvalue weighted by Gasteiger charge is -2.06. The molecule has 1 rings (SSSR count). The summed E-state index contributed by atoms with van der Waals surface area (Å²) in [6.45, 7) is 6.02. The van der Waals surface area contributed by atoms with Crippen molar-refractivity contribution in [2.24, 2.45) is 5.92 Å². The molecule has 0 aliphatic rings. The molecule has 0 N–H and O–H groups in total. The zero-order chi connectivity index (χ0) is 12.1. The van der Waals surface area contributed by atoms with Crippen LogP contribution in [0.3, 0.4) is 0 Å². The summed E-state index contributed by atoms with van der Waals surface area (Å²) < 4.78 is 12.9. The minimum atomic E-state index is -0.288. The Kier molecular flexibility index (Phi) is 5.00. The van der Waals surface area contributed by atoms with E-state index in [0.29, 0.717) is 17.2 Å². The molecule has 0 amide bonds. The van der Waals surface area contributed by atoms with Crippen LogP contribution < -0.4 is 0 Å². The van der Waals surface area contributed by atoms with E-state index in [9.17, 15) is 9.18 Å². The van der Waals surface area contributed by atoms with Crippen molar-refractivity contribution in [2.45, 2.75) is 20.8 Å². The van der Waals surface area contributed by atoms with Gasteiger partial charge in [0.15, 0.2) is 5.78 Å². The smallest absolute Gasteiger partial charge is 0.172 e. The SMILES string of the molecule is Cc1cc(F)ccc1C(=O)CSCC(C)C. The molecule has 0 unspecified atom stereocenters. The molecule has 0 fully saturated rings. The van der Waals surface area contributed by atoms with E-state index in [2.05, 4.69) is 13.8 Å². The second-order valence-electron chi connectivity index (χ2n) is 4.29. The molecule has 0 radical (unpaired) electrons. The fraction of sp³-hybridized carbons (Fsp3) is 0.462. The number of thioether (sulfide) groups is 1. The van der Waals surface area contributed by atoms with Gasteiger partial charge in [0.25, 0.3) is 0 Å². The maximum atomic E-state index is 12.9. The first-order valence-electron chi connectivity index (χ1n) is 5.37. The Balaban J connectivity index is 2.59. The van der Waals surface area contributed by atoms with E-state index >= 15 is 0 Å². The molecule has 88 valence electrons. The van der Waals surface area contributed by atoms with Gasteiger partial charge in [-0.3, -0.25) is 4.79 Å². The lowest BCUT2D eigenvalue weighted by atomic mass is 10.1. The van der Waals surface area contributed by atoms with Crippen LogP contribution in [0.1, 0.15) is 29.8 Å². The summed E-state index contributed by atoms with van der Waals surface area (Å²) in [5.74, 6) is 1.84. The van der Waals surface area contributed by atoms with Crippen molar-refractivity contribution in [2.75, 3.05) is 11.5 Å². The number of carbonyl (C=O) groups excluding carboxylic acids is 1. The number of aryl methyl sites for hydroxylation is 1. The average molecular weight is 240 g/mol. The van der Waals surface area contributed by atoms with Crippen molar-refractivity contribution < 1.29 is 9.18 Å². The van der Waals surface area contributed by atoms with E-state index in [1.165, 1.54) is 12.1 Å². The monoisotopic (exact) mass is 240 g/mol. The Bertz CT molecular complexity index is 374. The zero-order valence-corrected chi connectivity index (χ0v) is 10.7. The molecule has 3 heteroatoms. The molecule has 16 heavy (non-hydrogen) atoms. The molecule has 0 saturated heterocycles. The molecule has 0 aliphatic heterocycles. The highest BCUT2D eigenvalue weighted by Crippen LogP contribution is 2.15. The van der Waals surface area contributed by atoms with Crippen LogP contribution in [0, 0.1) is 18.7 Å². The quantitative estimate of drug-likeness (QED) is 0.730. The molecule has 0 aliphatic carbocycles. The number of ketones is 1. The molecule has 1 nitrogen and oxygen atoms in total. The maximum Gasteiger partial charge on any atom is 0.172 e. The minimum Gasteiger partial charge on any atom is -0.293 e. The minimum absolute atomic E-state index is 0.0863. The molecule has 0 heterocycles. The lowest BCUT2D eigenvalue weighted by molar-refractivity contribution is 0.102. The van der Waals surface area contributed by atoms with Crippen LogP contribution in [-0.2, 0) is 0 Å². The highest BCUT2D eigenvalue weighted by Gasteiger charge is 2.09. The summed E-state index contributed by atoms with van der Waals surface area (Å²) in [4.78, 5) is 11.8. The molecule has 0 atom stereocenters. The first-order chi connectivity index (χ1) is 7.50. The van der Waals surface area contributed by atoms with E-state index in [0.717, 1.165) is 11.3 Å². The number of Topliss-reactive ketones (excluding diaryl/α,β-unsaturated/α-hetero) is 1. The highest BCUT2D eigenvalue weighted by atomic mass is 32.2. The molecular formula is C13H17FOS. The van der Waals surface area contributed by atoms with Crippen molar-refractivity contribution in [3.63, 3.8) is 0 Å². The van der Waals surface area contributed by atoms with Crippen LogP contribution in [0.25, 0.3) is 0 Å². The summed E-state index contributed by atoms with van der Waals surface area (Å²) in [7, 11) is 0. The van der Waals surface area contributed by atoms with Crippen molar-refractivity contribution in [1.82, 2.24) is 0 Å². The van der Waals surface area contributed by atoms with Gasteiger partial charge in [-0.05, 0) is 42.4 Å². The number of benzene rings is 1. The number of rotatable bonds is 5. The van der Waals surface area contributed by atoms with Gasteiger partial charge in [-0.1, -0.05) is 13.8 Å². The molecule has 1 aromatic rings. The fourth-order valence-corrected chi connectivity index (χ4v) is 2.34. The van der Waals surface area contributed by atoms with Gasteiger partial charge in [0.05, 0.1) is 5.75 Å². The topological polar surface area (TPSA) is 17.1 Å².